The van der Waals surface area contributed by atoms with E-state index in [4.69, 9.17) is 10.5 Å². The van der Waals surface area contributed by atoms with E-state index in [1.54, 1.807) is 13.8 Å². The topological polar surface area (TPSA) is 93.9 Å². The molecule has 1 rings (SSSR count). The lowest BCUT2D eigenvalue weighted by molar-refractivity contribution is -0.0000313. The fourth-order valence-electron chi connectivity index (χ4n) is 0.636. The predicted octanol–water partition coefficient (Wildman–Crippen LogP) is -3.04. The molecule has 0 fully saturated rings. The van der Waals surface area contributed by atoms with Gasteiger partial charge in [-0.05, 0) is 13.8 Å². The van der Waals surface area contributed by atoms with Crippen LogP contribution in [-0.4, -0.2) is 27.3 Å². The number of rotatable bonds is 2. The Morgan fingerprint density at radius 2 is 2.23 bits per heavy atom. The molecule has 0 aliphatic heterocycles. The Balaban J connectivity index is 0.00000144. The Hall–Kier alpha value is -1.30. The molecule has 1 heterocycles. The van der Waals surface area contributed by atoms with Crippen LogP contribution >= 0.6 is 0 Å². The lowest BCUT2D eigenvalue weighted by Gasteiger charge is -2.04. The fraction of sp³-hybridized carbons (Fsp3) is 0.500. The zero-order valence-electron chi connectivity index (χ0n) is 7.24. The van der Waals surface area contributed by atoms with Crippen molar-refractivity contribution in [1.29, 1.82) is 0 Å². The van der Waals surface area contributed by atoms with Gasteiger partial charge < -0.3 is 22.9 Å². The van der Waals surface area contributed by atoms with E-state index in [9.17, 15) is 4.79 Å². The molecule has 3 N–H and O–H groups in total. The standard InChI is InChI=1S/C6H10N4O2.ClH/c1-3(2)12-5(11)4-8-6(7)10-9-4;/h3H,1-2H3,(H3,7,8,9,10);1H/p-1. The smallest absolute Gasteiger partial charge is 0.376 e. The molecular weight excluding hydrogens is 196 g/mol. The quantitative estimate of drug-likeness (QED) is 0.501. The number of nitrogens with two attached hydrogens (primary N) is 1. The van der Waals surface area contributed by atoms with Crippen LogP contribution in [0.5, 0.6) is 0 Å². The third kappa shape index (κ3) is 3.29. The lowest BCUT2D eigenvalue weighted by Crippen LogP contribution is -3.00. The van der Waals surface area contributed by atoms with Gasteiger partial charge in [-0.15, -0.1) is 5.10 Å². The van der Waals surface area contributed by atoms with Crippen molar-refractivity contribution in [2.45, 2.75) is 20.0 Å². The first kappa shape index (κ1) is 11.7. The van der Waals surface area contributed by atoms with Gasteiger partial charge in [0, 0.05) is 0 Å². The highest BCUT2D eigenvalue weighted by atomic mass is 35.5. The van der Waals surface area contributed by atoms with Crippen molar-refractivity contribution in [2.24, 2.45) is 0 Å². The number of ether oxygens (including phenoxy) is 1. The minimum Gasteiger partial charge on any atom is -1.00 e. The van der Waals surface area contributed by atoms with Gasteiger partial charge in [0.25, 0.3) is 0 Å². The summed E-state index contributed by atoms with van der Waals surface area (Å²) in [6.45, 7) is 3.50. The zero-order chi connectivity index (χ0) is 9.14. The number of nitrogens with one attached hydrogen (secondary N) is 1. The normalized spacial score (nSPS) is 9.46. The molecule has 0 radical (unpaired) electrons. The van der Waals surface area contributed by atoms with E-state index in [2.05, 4.69) is 15.2 Å². The number of carbonyl (C=O) groups excluding carboxylic acids is 1. The lowest BCUT2D eigenvalue weighted by atomic mass is 10.5. The summed E-state index contributed by atoms with van der Waals surface area (Å²) in [5.74, 6) is -0.485. The highest BCUT2D eigenvalue weighted by molar-refractivity contribution is 5.85. The van der Waals surface area contributed by atoms with Crippen LogP contribution in [0.25, 0.3) is 0 Å². The molecule has 0 saturated carbocycles. The first-order valence-corrected chi connectivity index (χ1v) is 3.48. The average Bonchev–Trinajstić information content (AvgIpc) is 2.34. The van der Waals surface area contributed by atoms with Crippen LogP contribution < -0.4 is 18.1 Å². The van der Waals surface area contributed by atoms with Gasteiger partial charge in [0.05, 0.1) is 6.10 Å². The Morgan fingerprint density at radius 1 is 1.62 bits per heavy atom. The molecule has 0 amide bonds. The maximum absolute atomic E-state index is 11.1. The molecular formula is C6H10ClN4O2-. The average molecular weight is 206 g/mol. The maximum Gasteiger partial charge on any atom is 0.376 e. The molecule has 0 aromatic carbocycles. The van der Waals surface area contributed by atoms with Gasteiger partial charge in [-0.3, -0.25) is 5.10 Å². The van der Waals surface area contributed by atoms with Crippen molar-refractivity contribution < 1.29 is 21.9 Å². The van der Waals surface area contributed by atoms with Crippen LogP contribution in [0.4, 0.5) is 5.95 Å². The van der Waals surface area contributed by atoms with Crippen molar-refractivity contribution in [3.05, 3.63) is 5.82 Å². The third-order valence-electron chi connectivity index (χ3n) is 1.04. The minimum absolute atomic E-state index is 0. The first-order valence-electron chi connectivity index (χ1n) is 3.48. The minimum atomic E-state index is -0.547. The van der Waals surface area contributed by atoms with E-state index in [1.165, 1.54) is 0 Å². The van der Waals surface area contributed by atoms with E-state index in [1.807, 2.05) is 0 Å². The van der Waals surface area contributed by atoms with Crippen molar-refractivity contribution in [3.63, 3.8) is 0 Å². The molecule has 13 heavy (non-hydrogen) atoms. The highest BCUT2D eigenvalue weighted by Gasteiger charge is 2.12. The molecule has 0 bridgehead atoms. The number of hydrogen-bond donors (Lipinski definition) is 2. The van der Waals surface area contributed by atoms with E-state index in [-0.39, 0.29) is 30.3 Å². The number of aromatic nitrogens is 3. The molecule has 74 valence electrons. The zero-order valence-corrected chi connectivity index (χ0v) is 8.00. The molecule has 0 spiro atoms. The summed E-state index contributed by atoms with van der Waals surface area (Å²) in [6.07, 6.45) is -0.177. The molecule has 0 aliphatic carbocycles. The predicted molar refractivity (Wildman–Crippen MR) is 41.3 cm³/mol. The fourth-order valence-corrected chi connectivity index (χ4v) is 0.636. The molecule has 1 aromatic heterocycles. The summed E-state index contributed by atoms with van der Waals surface area (Å²) in [5, 5.41) is 5.84. The van der Waals surface area contributed by atoms with E-state index >= 15 is 0 Å². The van der Waals surface area contributed by atoms with Gasteiger partial charge in [-0.2, -0.15) is 4.98 Å². The van der Waals surface area contributed by atoms with Crippen LogP contribution in [0.3, 0.4) is 0 Å². The molecule has 6 nitrogen and oxygen atoms in total. The third-order valence-corrected chi connectivity index (χ3v) is 1.04. The number of halogens is 1. The van der Waals surface area contributed by atoms with Crippen molar-refractivity contribution >= 4 is 11.9 Å². The summed E-state index contributed by atoms with van der Waals surface area (Å²) in [6, 6.07) is 0. The van der Waals surface area contributed by atoms with E-state index in [0.29, 0.717) is 0 Å². The second kappa shape index (κ2) is 4.66. The summed E-state index contributed by atoms with van der Waals surface area (Å²) >= 11 is 0. The number of carbonyl (C=O) groups is 1. The van der Waals surface area contributed by atoms with Crippen molar-refractivity contribution in [1.82, 2.24) is 15.2 Å². The van der Waals surface area contributed by atoms with Gasteiger partial charge in [-0.25, -0.2) is 4.79 Å². The Kier molecular flexibility index (Phi) is 4.19. The molecule has 0 aliphatic rings. The maximum atomic E-state index is 11.1. The Morgan fingerprint density at radius 3 is 2.62 bits per heavy atom. The number of nitrogen functional groups attached to an aromatic ring is 1. The number of hydrogen-bond acceptors (Lipinski definition) is 5. The van der Waals surface area contributed by atoms with E-state index < -0.39 is 5.97 Å². The Bertz CT molecular complexity index is 286. The highest BCUT2D eigenvalue weighted by Crippen LogP contribution is 1.98. The molecule has 0 unspecified atom stereocenters. The van der Waals surface area contributed by atoms with Crippen LogP contribution in [0, 0.1) is 0 Å². The monoisotopic (exact) mass is 205 g/mol. The summed E-state index contributed by atoms with van der Waals surface area (Å²) in [7, 11) is 0. The molecule has 0 saturated heterocycles. The van der Waals surface area contributed by atoms with Gasteiger partial charge in [0.15, 0.2) is 0 Å². The number of aromatic amines is 1. The second-order valence-electron chi connectivity index (χ2n) is 2.50. The van der Waals surface area contributed by atoms with Gasteiger partial charge in [-0.1, -0.05) is 0 Å². The number of nitrogens with zero attached hydrogens (tertiary/aromatic N) is 2. The van der Waals surface area contributed by atoms with Gasteiger partial charge in [0.1, 0.15) is 0 Å². The summed E-state index contributed by atoms with van der Waals surface area (Å²) in [5.41, 5.74) is 5.19. The largest absolute Gasteiger partial charge is 1.00 e. The van der Waals surface area contributed by atoms with Crippen LogP contribution in [-0.2, 0) is 4.74 Å². The van der Waals surface area contributed by atoms with Gasteiger partial charge >= 0.3 is 5.97 Å². The van der Waals surface area contributed by atoms with Crippen LogP contribution in [0.1, 0.15) is 24.5 Å². The number of H-pyrrole nitrogens is 1. The number of esters is 1. The SMILES string of the molecule is CC(C)OC(=O)c1nc(N)n[nH]1.[Cl-]. The van der Waals surface area contributed by atoms with E-state index in [0.717, 1.165) is 0 Å². The number of anilines is 1. The summed E-state index contributed by atoms with van der Waals surface area (Å²) in [4.78, 5) is 14.7. The Labute approximate surface area is 81.3 Å². The molecule has 7 heteroatoms. The van der Waals surface area contributed by atoms with Gasteiger partial charge in [0.2, 0.25) is 11.8 Å². The summed E-state index contributed by atoms with van der Waals surface area (Å²) < 4.78 is 4.82. The van der Waals surface area contributed by atoms with Crippen LogP contribution in [0.2, 0.25) is 0 Å². The van der Waals surface area contributed by atoms with Crippen LogP contribution in [0.15, 0.2) is 0 Å². The molecule has 1 aromatic rings. The first-order chi connectivity index (χ1) is 5.59. The van der Waals surface area contributed by atoms with Crippen molar-refractivity contribution in [2.75, 3.05) is 5.73 Å². The molecule has 0 atom stereocenters. The second-order valence-corrected chi connectivity index (χ2v) is 2.50. The van der Waals surface area contributed by atoms with Crippen molar-refractivity contribution in [3.8, 4) is 0 Å².